The fourth-order valence-corrected chi connectivity index (χ4v) is 1.98. The summed E-state index contributed by atoms with van der Waals surface area (Å²) >= 11 is 0. The van der Waals surface area contributed by atoms with Crippen LogP contribution in [0.4, 0.5) is 11.4 Å². The van der Waals surface area contributed by atoms with Gasteiger partial charge >= 0.3 is 0 Å². The Hall–Kier alpha value is -2.68. The number of nitrogen functional groups attached to an aromatic ring is 2. The first-order chi connectivity index (χ1) is 9.22. The van der Waals surface area contributed by atoms with Crippen LogP contribution in [0, 0.1) is 0 Å². The minimum Gasteiger partial charge on any atom is -0.457 e. The molecular formula is C16H14N2O. The Balaban J connectivity index is 1.94. The lowest BCUT2D eigenvalue weighted by Crippen LogP contribution is -1.94. The molecule has 3 nitrogen and oxygen atoms in total. The van der Waals surface area contributed by atoms with Crippen molar-refractivity contribution < 1.29 is 4.74 Å². The summed E-state index contributed by atoms with van der Waals surface area (Å²) in [4.78, 5) is 0. The number of ether oxygens (including phenoxy) is 1. The van der Waals surface area contributed by atoms with Gasteiger partial charge in [0.1, 0.15) is 11.5 Å². The summed E-state index contributed by atoms with van der Waals surface area (Å²) in [5, 5.41) is 2.33. The zero-order valence-corrected chi connectivity index (χ0v) is 10.3. The molecule has 0 saturated carbocycles. The smallest absolute Gasteiger partial charge is 0.129 e. The van der Waals surface area contributed by atoms with Gasteiger partial charge in [0.25, 0.3) is 0 Å². The van der Waals surface area contributed by atoms with Crippen molar-refractivity contribution in [3.05, 3.63) is 60.7 Å². The highest BCUT2D eigenvalue weighted by Gasteiger charge is 2.01. The van der Waals surface area contributed by atoms with Gasteiger partial charge in [0.15, 0.2) is 0 Å². The lowest BCUT2D eigenvalue weighted by Gasteiger charge is -2.08. The quantitative estimate of drug-likeness (QED) is 0.680. The fraction of sp³-hybridized carbons (Fsp3) is 0. The molecule has 19 heavy (non-hydrogen) atoms. The van der Waals surface area contributed by atoms with Gasteiger partial charge in [-0.05, 0) is 35.0 Å². The number of rotatable bonds is 2. The topological polar surface area (TPSA) is 61.3 Å². The minimum absolute atomic E-state index is 0.526. The van der Waals surface area contributed by atoms with Crippen LogP contribution in [0.15, 0.2) is 60.7 Å². The summed E-state index contributed by atoms with van der Waals surface area (Å²) in [5.74, 6) is 1.46. The minimum atomic E-state index is 0.526. The van der Waals surface area contributed by atoms with Gasteiger partial charge in [-0.3, -0.25) is 0 Å². The number of hydrogen-bond acceptors (Lipinski definition) is 3. The molecule has 94 valence electrons. The largest absolute Gasteiger partial charge is 0.457 e. The van der Waals surface area contributed by atoms with E-state index in [4.69, 9.17) is 16.2 Å². The molecule has 0 spiro atoms. The standard InChI is InChI=1S/C16H14N2O/c17-15-8-7-14(10-16(15)18)19-13-6-5-11-3-1-2-4-12(11)9-13/h1-10H,17-18H2. The third kappa shape index (κ3) is 2.31. The van der Waals surface area contributed by atoms with E-state index in [1.807, 2.05) is 30.3 Å². The summed E-state index contributed by atoms with van der Waals surface area (Å²) < 4.78 is 5.79. The molecule has 0 atom stereocenters. The van der Waals surface area contributed by atoms with Crippen LogP contribution in [0.5, 0.6) is 11.5 Å². The van der Waals surface area contributed by atoms with Crippen LogP contribution in [-0.4, -0.2) is 0 Å². The lowest BCUT2D eigenvalue weighted by atomic mass is 10.1. The predicted molar refractivity (Wildman–Crippen MR) is 79.3 cm³/mol. The van der Waals surface area contributed by atoms with Crippen LogP contribution in [-0.2, 0) is 0 Å². The molecule has 0 fully saturated rings. The Labute approximate surface area is 111 Å². The zero-order valence-electron chi connectivity index (χ0n) is 10.3. The molecule has 3 rings (SSSR count). The highest BCUT2D eigenvalue weighted by atomic mass is 16.5. The molecule has 0 aliphatic carbocycles. The van der Waals surface area contributed by atoms with E-state index in [2.05, 4.69) is 12.1 Å². The molecule has 3 aromatic rings. The third-order valence-electron chi connectivity index (χ3n) is 3.01. The van der Waals surface area contributed by atoms with Crippen LogP contribution < -0.4 is 16.2 Å². The van der Waals surface area contributed by atoms with Crippen LogP contribution in [0.2, 0.25) is 0 Å². The van der Waals surface area contributed by atoms with Crippen molar-refractivity contribution in [3.63, 3.8) is 0 Å². The Bertz CT molecular complexity index is 738. The summed E-state index contributed by atoms with van der Waals surface area (Å²) in [6.07, 6.45) is 0. The van der Waals surface area contributed by atoms with Gasteiger partial charge in [-0.25, -0.2) is 0 Å². The normalized spacial score (nSPS) is 10.5. The van der Waals surface area contributed by atoms with E-state index >= 15 is 0 Å². The first-order valence-corrected chi connectivity index (χ1v) is 6.04. The number of anilines is 2. The van der Waals surface area contributed by atoms with Crippen LogP contribution >= 0.6 is 0 Å². The highest BCUT2D eigenvalue weighted by molar-refractivity contribution is 5.83. The van der Waals surface area contributed by atoms with E-state index in [1.165, 1.54) is 5.39 Å². The Kier molecular flexibility index (Phi) is 2.72. The monoisotopic (exact) mass is 250 g/mol. The average molecular weight is 250 g/mol. The highest BCUT2D eigenvalue weighted by Crippen LogP contribution is 2.28. The predicted octanol–water partition coefficient (Wildman–Crippen LogP) is 3.80. The molecular weight excluding hydrogens is 236 g/mol. The summed E-state index contributed by atoms with van der Waals surface area (Å²) in [7, 11) is 0. The fourth-order valence-electron chi connectivity index (χ4n) is 1.98. The maximum Gasteiger partial charge on any atom is 0.129 e. The van der Waals surface area contributed by atoms with Crippen molar-refractivity contribution >= 4 is 22.1 Å². The van der Waals surface area contributed by atoms with E-state index in [0.29, 0.717) is 17.1 Å². The molecule has 0 heterocycles. The second-order valence-corrected chi connectivity index (χ2v) is 4.40. The first kappa shape index (κ1) is 11.4. The summed E-state index contributed by atoms with van der Waals surface area (Å²) in [6.45, 7) is 0. The molecule has 0 aliphatic heterocycles. The van der Waals surface area contributed by atoms with Crippen molar-refractivity contribution in [2.24, 2.45) is 0 Å². The molecule has 0 aromatic heterocycles. The molecule has 0 bridgehead atoms. The van der Waals surface area contributed by atoms with Gasteiger partial charge in [-0.15, -0.1) is 0 Å². The van der Waals surface area contributed by atoms with E-state index < -0.39 is 0 Å². The second-order valence-electron chi connectivity index (χ2n) is 4.40. The molecule has 3 heteroatoms. The molecule has 0 saturated heterocycles. The van der Waals surface area contributed by atoms with Crippen LogP contribution in [0.25, 0.3) is 10.8 Å². The summed E-state index contributed by atoms with van der Waals surface area (Å²) in [5.41, 5.74) is 12.5. The zero-order chi connectivity index (χ0) is 13.2. The average Bonchev–Trinajstić information content (AvgIpc) is 2.43. The molecule has 0 unspecified atom stereocenters. The van der Waals surface area contributed by atoms with E-state index in [0.717, 1.165) is 11.1 Å². The molecule has 3 aromatic carbocycles. The molecule has 0 amide bonds. The summed E-state index contributed by atoms with van der Waals surface area (Å²) in [6, 6.07) is 19.4. The van der Waals surface area contributed by atoms with Crippen molar-refractivity contribution in [2.75, 3.05) is 11.5 Å². The van der Waals surface area contributed by atoms with Crippen molar-refractivity contribution in [3.8, 4) is 11.5 Å². The number of hydrogen-bond donors (Lipinski definition) is 2. The van der Waals surface area contributed by atoms with Gasteiger partial charge in [-0.1, -0.05) is 30.3 Å². The third-order valence-corrected chi connectivity index (χ3v) is 3.01. The molecule has 0 radical (unpaired) electrons. The number of nitrogens with two attached hydrogens (primary N) is 2. The van der Waals surface area contributed by atoms with Crippen LogP contribution in [0.3, 0.4) is 0 Å². The van der Waals surface area contributed by atoms with E-state index in [9.17, 15) is 0 Å². The van der Waals surface area contributed by atoms with E-state index in [1.54, 1.807) is 18.2 Å². The second kappa shape index (κ2) is 4.53. The van der Waals surface area contributed by atoms with E-state index in [-0.39, 0.29) is 0 Å². The van der Waals surface area contributed by atoms with Gasteiger partial charge in [0.05, 0.1) is 11.4 Å². The van der Waals surface area contributed by atoms with Crippen molar-refractivity contribution in [1.29, 1.82) is 0 Å². The van der Waals surface area contributed by atoms with Crippen molar-refractivity contribution in [1.82, 2.24) is 0 Å². The molecule has 4 N–H and O–H groups in total. The van der Waals surface area contributed by atoms with Crippen molar-refractivity contribution in [2.45, 2.75) is 0 Å². The van der Waals surface area contributed by atoms with Crippen LogP contribution in [0.1, 0.15) is 0 Å². The lowest BCUT2D eigenvalue weighted by molar-refractivity contribution is 0.484. The van der Waals surface area contributed by atoms with Gasteiger partial charge in [0, 0.05) is 6.07 Å². The molecule has 0 aliphatic rings. The van der Waals surface area contributed by atoms with Gasteiger partial charge in [-0.2, -0.15) is 0 Å². The van der Waals surface area contributed by atoms with Gasteiger partial charge in [0.2, 0.25) is 0 Å². The number of benzene rings is 3. The Morgan fingerprint density at radius 3 is 2.11 bits per heavy atom. The Morgan fingerprint density at radius 1 is 0.632 bits per heavy atom. The number of fused-ring (bicyclic) bond motifs is 1. The SMILES string of the molecule is Nc1ccc(Oc2ccc3ccccc3c2)cc1N. The maximum absolute atomic E-state index is 5.79. The maximum atomic E-state index is 5.79. The van der Waals surface area contributed by atoms with Gasteiger partial charge < -0.3 is 16.2 Å². The Morgan fingerprint density at radius 2 is 1.32 bits per heavy atom. The first-order valence-electron chi connectivity index (χ1n) is 6.04.